The second-order valence-corrected chi connectivity index (χ2v) is 9.13. The van der Waals surface area contributed by atoms with E-state index in [-0.39, 0.29) is 10.9 Å². The van der Waals surface area contributed by atoms with Gasteiger partial charge in [-0.3, -0.25) is 4.79 Å². The highest BCUT2D eigenvalue weighted by Gasteiger charge is 2.26. The lowest BCUT2D eigenvalue weighted by Gasteiger charge is -2.25. The van der Waals surface area contributed by atoms with Crippen LogP contribution in [0.2, 0.25) is 4.34 Å². The smallest absolute Gasteiger partial charge is 0.280 e. The van der Waals surface area contributed by atoms with Gasteiger partial charge in [0, 0.05) is 11.8 Å². The lowest BCUT2D eigenvalue weighted by molar-refractivity contribution is 0.0930. The van der Waals surface area contributed by atoms with Gasteiger partial charge in [-0.05, 0) is 23.3 Å². The van der Waals surface area contributed by atoms with Crippen LogP contribution in [0.1, 0.15) is 33.0 Å². The van der Waals surface area contributed by atoms with E-state index in [1.807, 2.05) is 85.1 Å². The molecule has 6 nitrogen and oxygen atoms in total. The summed E-state index contributed by atoms with van der Waals surface area (Å²) < 4.78 is 2.18. The molecule has 0 radical (unpaired) electrons. The van der Waals surface area contributed by atoms with Crippen LogP contribution in [-0.4, -0.2) is 20.5 Å². The fourth-order valence-electron chi connectivity index (χ4n) is 3.79. The number of carbonyl (C=O) groups is 1. The number of nitrogens with zero attached hydrogens (tertiary/aromatic N) is 3. The summed E-state index contributed by atoms with van der Waals surface area (Å²) in [6.07, 6.45) is 3.55. The minimum Gasteiger partial charge on any atom is -0.341 e. The predicted octanol–water partition coefficient (Wildman–Crippen LogP) is 5.28. The number of rotatable bonds is 6. The number of hydrogen-bond donors (Lipinski definition) is 2. The van der Waals surface area contributed by atoms with Gasteiger partial charge in [0.05, 0.1) is 23.8 Å². The molecule has 2 aromatic carbocycles. The van der Waals surface area contributed by atoms with Gasteiger partial charge in [-0.15, -0.1) is 0 Å². The summed E-state index contributed by atoms with van der Waals surface area (Å²) in [5.74, 6) is -0.329. The van der Waals surface area contributed by atoms with Gasteiger partial charge in [0.15, 0.2) is 5.01 Å². The highest BCUT2D eigenvalue weighted by molar-refractivity contribution is 7.18. The number of carbonyl (C=O) groups excluding carboxylic acids is 1. The Balaban J connectivity index is 1.46. The van der Waals surface area contributed by atoms with Crippen LogP contribution >= 0.6 is 22.9 Å². The molecular weight excluding hydrogens is 454 g/mol. The lowest BCUT2D eigenvalue weighted by Crippen LogP contribution is -2.36. The highest BCUT2D eigenvalue weighted by Crippen LogP contribution is 2.35. The number of hydrogen-bond acceptors (Lipinski definition) is 5. The number of fused-ring (bicyclic) bond motifs is 1. The minimum absolute atomic E-state index is 0.270. The lowest BCUT2D eigenvalue weighted by atomic mass is 9.94. The molecule has 1 amide bonds. The van der Waals surface area contributed by atoms with Crippen molar-refractivity contribution >= 4 is 34.4 Å². The standard InChI is InChI=1S/C25H20ClN5OS/c26-23-22(18-15-28-31-14-8-7-13-19(18)31)30-25(33-23)24(32)29-21(17-11-5-2-6-12-17)20(27)16-9-3-1-4-10-16/h1-15,20-21H,27H2,(H,29,32)/t20-,21-/m1/s1. The molecule has 0 saturated heterocycles. The molecule has 0 aliphatic heterocycles. The molecule has 5 rings (SSSR count). The third kappa shape index (κ3) is 4.26. The minimum atomic E-state index is -0.441. The Morgan fingerprint density at radius 2 is 1.64 bits per heavy atom. The molecule has 8 heteroatoms. The summed E-state index contributed by atoms with van der Waals surface area (Å²) in [5.41, 5.74) is 10.6. The number of halogens is 1. The SMILES string of the molecule is N[C@H](c1ccccc1)[C@H](NC(=O)c1nc(-c2cnn3ccccc23)c(Cl)s1)c1ccccc1. The number of nitrogens with two attached hydrogens (primary N) is 1. The third-order valence-corrected chi connectivity index (χ3v) is 6.70. The Kier molecular flexibility index (Phi) is 5.92. The summed E-state index contributed by atoms with van der Waals surface area (Å²) in [6.45, 7) is 0. The molecule has 3 heterocycles. The molecule has 0 aliphatic carbocycles. The van der Waals surface area contributed by atoms with Crippen molar-refractivity contribution in [3.8, 4) is 11.3 Å². The average Bonchev–Trinajstić information content (AvgIpc) is 3.46. The van der Waals surface area contributed by atoms with Crippen molar-refractivity contribution in [1.29, 1.82) is 0 Å². The summed E-state index contributed by atoms with van der Waals surface area (Å²) in [5, 5.41) is 7.69. The van der Waals surface area contributed by atoms with Crippen LogP contribution in [0.4, 0.5) is 0 Å². The molecule has 2 atom stereocenters. The van der Waals surface area contributed by atoms with Crippen molar-refractivity contribution in [1.82, 2.24) is 19.9 Å². The highest BCUT2D eigenvalue weighted by atomic mass is 35.5. The zero-order valence-electron chi connectivity index (χ0n) is 17.4. The van der Waals surface area contributed by atoms with E-state index in [9.17, 15) is 4.79 Å². The number of thiazole rings is 1. The van der Waals surface area contributed by atoms with Gasteiger partial charge >= 0.3 is 0 Å². The first-order chi connectivity index (χ1) is 16.1. The summed E-state index contributed by atoms with van der Waals surface area (Å²) in [7, 11) is 0. The molecule has 3 aromatic heterocycles. The summed E-state index contributed by atoms with van der Waals surface area (Å²) in [4.78, 5) is 17.8. The van der Waals surface area contributed by atoms with Gasteiger partial charge < -0.3 is 11.1 Å². The molecule has 3 N–H and O–H groups in total. The van der Waals surface area contributed by atoms with E-state index in [2.05, 4.69) is 15.4 Å². The number of nitrogens with one attached hydrogen (secondary N) is 1. The van der Waals surface area contributed by atoms with E-state index in [0.29, 0.717) is 10.0 Å². The fraction of sp³-hybridized carbons (Fsp3) is 0.0800. The molecular formula is C25H20ClN5OS. The second-order valence-electron chi connectivity index (χ2n) is 7.53. The number of benzene rings is 2. The topological polar surface area (TPSA) is 85.3 Å². The van der Waals surface area contributed by atoms with Crippen molar-refractivity contribution in [3.05, 3.63) is 112 Å². The van der Waals surface area contributed by atoms with E-state index < -0.39 is 12.1 Å². The van der Waals surface area contributed by atoms with Crippen LogP contribution in [0, 0.1) is 0 Å². The van der Waals surface area contributed by atoms with Gasteiger partial charge in [0.2, 0.25) is 0 Å². The molecule has 0 fully saturated rings. The van der Waals surface area contributed by atoms with Crippen molar-refractivity contribution in [3.63, 3.8) is 0 Å². The van der Waals surface area contributed by atoms with Gasteiger partial charge in [-0.1, -0.05) is 89.7 Å². The Labute approximate surface area is 199 Å². The van der Waals surface area contributed by atoms with E-state index in [0.717, 1.165) is 33.5 Å². The molecule has 0 spiro atoms. The van der Waals surface area contributed by atoms with E-state index in [4.69, 9.17) is 17.3 Å². The quantitative estimate of drug-likeness (QED) is 0.351. The number of amides is 1. The Hall–Kier alpha value is -3.52. The normalized spacial score (nSPS) is 13.0. The van der Waals surface area contributed by atoms with Crippen molar-refractivity contribution in [2.24, 2.45) is 5.73 Å². The van der Waals surface area contributed by atoms with E-state index in [1.54, 1.807) is 10.7 Å². The maximum Gasteiger partial charge on any atom is 0.280 e. The molecule has 0 bridgehead atoms. The molecule has 164 valence electrons. The van der Waals surface area contributed by atoms with Crippen LogP contribution < -0.4 is 11.1 Å². The van der Waals surface area contributed by atoms with E-state index in [1.165, 1.54) is 0 Å². The van der Waals surface area contributed by atoms with E-state index >= 15 is 0 Å². The molecule has 5 aromatic rings. The van der Waals surface area contributed by atoms with Crippen LogP contribution in [0.15, 0.2) is 91.3 Å². The second kappa shape index (κ2) is 9.15. The molecule has 33 heavy (non-hydrogen) atoms. The van der Waals surface area contributed by atoms with Crippen LogP contribution in [0.5, 0.6) is 0 Å². The number of aromatic nitrogens is 3. The largest absolute Gasteiger partial charge is 0.341 e. The Bertz CT molecular complexity index is 1400. The first kappa shape index (κ1) is 21.3. The maximum absolute atomic E-state index is 13.3. The van der Waals surface area contributed by atoms with Crippen molar-refractivity contribution < 1.29 is 4.79 Å². The van der Waals surface area contributed by atoms with Gasteiger partial charge in [0.1, 0.15) is 10.0 Å². The van der Waals surface area contributed by atoms with Crippen LogP contribution in [0.3, 0.4) is 0 Å². The monoisotopic (exact) mass is 473 g/mol. The Morgan fingerprint density at radius 3 is 2.36 bits per heavy atom. The van der Waals surface area contributed by atoms with Crippen molar-refractivity contribution in [2.75, 3.05) is 0 Å². The van der Waals surface area contributed by atoms with Crippen molar-refractivity contribution in [2.45, 2.75) is 12.1 Å². The molecule has 0 saturated carbocycles. The van der Waals surface area contributed by atoms with Crippen LogP contribution in [0.25, 0.3) is 16.8 Å². The van der Waals surface area contributed by atoms with Crippen LogP contribution in [-0.2, 0) is 0 Å². The molecule has 0 unspecified atom stereocenters. The first-order valence-corrected chi connectivity index (χ1v) is 11.6. The number of pyridine rings is 1. The van der Waals surface area contributed by atoms with Gasteiger partial charge in [0.25, 0.3) is 5.91 Å². The summed E-state index contributed by atoms with van der Waals surface area (Å²) in [6, 6.07) is 24.3. The Morgan fingerprint density at radius 1 is 0.970 bits per heavy atom. The average molecular weight is 474 g/mol. The predicted molar refractivity (Wildman–Crippen MR) is 131 cm³/mol. The van der Waals surface area contributed by atoms with Gasteiger partial charge in [-0.25, -0.2) is 9.50 Å². The summed E-state index contributed by atoms with van der Waals surface area (Å²) >= 11 is 7.65. The zero-order chi connectivity index (χ0) is 22.8. The first-order valence-electron chi connectivity index (χ1n) is 10.4. The molecule has 0 aliphatic rings. The third-order valence-electron chi connectivity index (χ3n) is 5.45. The maximum atomic E-state index is 13.3. The zero-order valence-corrected chi connectivity index (χ0v) is 19.0. The van der Waals surface area contributed by atoms with Gasteiger partial charge in [-0.2, -0.15) is 5.10 Å². The fourth-order valence-corrected chi connectivity index (χ4v) is 4.87.